The average molecular weight is 388 g/mol. The third-order valence-electron chi connectivity index (χ3n) is 5.23. The molecule has 2 aliphatic heterocycles. The number of carbonyl (C=O) groups is 1. The number of rotatable bonds is 5. The van der Waals surface area contributed by atoms with Crippen molar-refractivity contribution in [3.8, 4) is 11.5 Å². The molecule has 0 aliphatic carbocycles. The lowest BCUT2D eigenvalue weighted by atomic mass is 10.0. The maximum Gasteiger partial charge on any atom is 0.254 e. The van der Waals surface area contributed by atoms with Crippen LogP contribution in [0, 0.1) is 0 Å². The molecule has 3 aromatic rings. The van der Waals surface area contributed by atoms with Crippen LogP contribution in [0.1, 0.15) is 16.8 Å². The Morgan fingerprint density at radius 2 is 1.93 bits per heavy atom. The minimum Gasteiger partial charge on any atom is -0.497 e. The Bertz CT molecular complexity index is 1100. The van der Waals surface area contributed by atoms with Gasteiger partial charge < -0.3 is 14.4 Å². The zero-order valence-corrected chi connectivity index (χ0v) is 16.0. The molecule has 0 bridgehead atoms. The number of para-hydroxylation sites is 1. The fourth-order valence-electron chi connectivity index (χ4n) is 3.72. The molecule has 2 aromatic carbocycles. The zero-order chi connectivity index (χ0) is 19.8. The molecule has 0 atom stereocenters. The van der Waals surface area contributed by atoms with Gasteiger partial charge in [0.1, 0.15) is 23.0 Å². The summed E-state index contributed by atoms with van der Waals surface area (Å²) >= 11 is 0. The molecule has 1 amide bonds. The van der Waals surface area contributed by atoms with Crippen LogP contribution in [0.3, 0.4) is 0 Å². The SMILES string of the molecule is COc1ccc(Cn2cc(CN3CC4=C(Cc5ccccc5O4)C3=O)nn2)cc1. The van der Waals surface area contributed by atoms with E-state index in [-0.39, 0.29) is 5.91 Å². The number of carbonyl (C=O) groups excluding carboxylic acids is 1. The second kappa shape index (κ2) is 7.09. The number of hydrogen-bond donors (Lipinski definition) is 0. The Morgan fingerprint density at radius 1 is 1.10 bits per heavy atom. The van der Waals surface area contributed by atoms with Crippen LogP contribution < -0.4 is 9.47 Å². The predicted molar refractivity (Wildman–Crippen MR) is 105 cm³/mol. The third-order valence-corrected chi connectivity index (χ3v) is 5.23. The second-order valence-electron chi connectivity index (χ2n) is 7.21. The number of methoxy groups -OCH3 is 1. The number of benzene rings is 2. The molecule has 0 saturated carbocycles. The van der Waals surface area contributed by atoms with Crippen LogP contribution in [-0.4, -0.2) is 39.5 Å². The van der Waals surface area contributed by atoms with Crippen LogP contribution in [0.5, 0.6) is 11.5 Å². The Morgan fingerprint density at radius 3 is 2.76 bits per heavy atom. The van der Waals surface area contributed by atoms with E-state index in [1.54, 1.807) is 16.7 Å². The molecule has 0 fully saturated rings. The van der Waals surface area contributed by atoms with Gasteiger partial charge in [0.15, 0.2) is 0 Å². The number of aromatic nitrogens is 3. The Labute approximate surface area is 168 Å². The molecule has 3 heterocycles. The summed E-state index contributed by atoms with van der Waals surface area (Å²) in [4.78, 5) is 14.6. The molecule has 1 aromatic heterocycles. The number of hydrogen-bond acceptors (Lipinski definition) is 5. The van der Waals surface area contributed by atoms with Crippen molar-refractivity contribution in [2.24, 2.45) is 0 Å². The van der Waals surface area contributed by atoms with Crippen molar-refractivity contribution >= 4 is 5.91 Å². The normalized spacial score (nSPS) is 15.2. The minimum atomic E-state index is 0.0132. The van der Waals surface area contributed by atoms with Crippen LogP contribution in [-0.2, 0) is 24.3 Å². The average Bonchev–Trinajstić information content (AvgIpc) is 3.31. The highest BCUT2D eigenvalue weighted by molar-refractivity contribution is 5.97. The van der Waals surface area contributed by atoms with Gasteiger partial charge in [-0.3, -0.25) is 4.79 Å². The standard InChI is InChI=1S/C22H20N4O3/c1-28-18-8-6-15(7-9-18)11-26-13-17(23-24-26)12-25-14-21-19(22(25)27)10-16-4-2-3-5-20(16)29-21/h2-9,13H,10-12,14H2,1H3. The van der Waals surface area contributed by atoms with E-state index in [0.717, 1.165) is 39.7 Å². The second-order valence-corrected chi connectivity index (χ2v) is 7.21. The first-order chi connectivity index (χ1) is 14.2. The Hall–Kier alpha value is -3.61. The fraction of sp³-hybridized carbons (Fsp3) is 0.227. The first-order valence-corrected chi connectivity index (χ1v) is 9.48. The third kappa shape index (κ3) is 3.35. The number of fused-ring (bicyclic) bond motifs is 1. The lowest BCUT2D eigenvalue weighted by molar-refractivity contribution is -0.126. The van der Waals surface area contributed by atoms with Crippen molar-refractivity contribution in [1.29, 1.82) is 0 Å². The van der Waals surface area contributed by atoms with Gasteiger partial charge in [0, 0.05) is 6.42 Å². The van der Waals surface area contributed by atoms with Gasteiger partial charge >= 0.3 is 0 Å². The van der Waals surface area contributed by atoms with Crippen molar-refractivity contribution in [3.63, 3.8) is 0 Å². The molecule has 0 unspecified atom stereocenters. The molecule has 0 N–H and O–H groups in total. The van der Waals surface area contributed by atoms with Crippen molar-refractivity contribution in [1.82, 2.24) is 19.9 Å². The van der Waals surface area contributed by atoms with Crippen molar-refractivity contribution in [2.45, 2.75) is 19.5 Å². The van der Waals surface area contributed by atoms with E-state index in [1.807, 2.05) is 54.7 Å². The van der Waals surface area contributed by atoms with Crippen molar-refractivity contribution in [3.05, 3.63) is 82.9 Å². The maximum atomic E-state index is 12.8. The lowest BCUT2D eigenvalue weighted by Gasteiger charge is -2.17. The maximum absolute atomic E-state index is 12.8. The Balaban J connectivity index is 1.25. The molecule has 0 radical (unpaired) electrons. The van der Waals surface area contributed by atoms with Gasteiger partial charge in [-0.1, -0.05) is 35.5 Å². The fourth-order valence-corrected chi connectivity index (χ4v) is 3.72. The quantitative estimate of drug-likeness (QED) is 0.672. The molecule has 29 heavy (non-hydrogen) atoms. The van der Waals surface area contributed by atoms with Crippen LogP contribution in [0.4, 0.5) is 0 Å². The van der Waals surface area contributed by atoms with Gasteiger partial charge in [-0.2, -0.15) is 0 Å². The minimum absolute atomic E-state index is 0.0132. The van der Waals surface area contributed by atoms with Crippen LogP contribution in [0.25, 0.3) is 0 Å². The highest BCUT2D eigenvalue weighted by Crippen LogP contribution is 2.34. The lowest BCUT2D eigenvalue weighted by Crippen LogP contribution is -2.27. The van der Waals surface area contributed by atoms with Crippen molar-refractivity contribution < 1.29 is 14.3 Å². The molecule has 0 saturated heterocycles. The van der Waals surface area contributed by atoms with E-state index in [4.69, 9.17) is 9.47 Å². The topological polar surface area (TPSA) is 69.5 Å². The summed E-state index contributed by atoms with van der Waals surface area (Å²) < 4.78 is 12.9. The molecule has 2 aliphatic rings. The smallest absolute Gasteiger partial charge is 0.254 e. The molecule has 0 spiro atoms. The van der Waals surface area contributed by atoms with E-state index in [0.29, 0.717) is 26.1 Å². The first-order valence-electron chi connectivity index (χ1n) is 9.48. The molecule has 5 rings (SSSR count). The summed E-state index contributed by atoms with van der Waals surface area (Å²) in [6, 6.07) is 15.7. The number of nitrogens with zero attached hydrogens (tertiary/aromatic N) is 4. The molecular weight excluding hydrogens is 368 g/mol. The van der Waals surface area contributed by atoms with E-state index in [2.05, 4.69) is 10.3 Å². The molecule has 7 heteroatoms. The highest BCUT2D eigenvalue weighted by Gasteiger charge is 2.35. The summed E-state index contributed by atoms with van der Waals surface area (Å²) in [5.74, 6) is 2.42. The number of ether oxygens (including phenoxy) is 2. The van der Waals surface area contributed by atoms with Gasteiger partial charge in [0.25, 0.3) is 5.91 Å². The Kier molecular flexibility index (Phi) is 4.27. The summed E-state index contributed by atoms with van der Waals surface area (Å²) in [5, 5.41) is 8.43. The zero-order valence-electron chi connectivity index (χ0n) is 16.0. The van der Waals surface area contributed by atoms with E-state index >= 15 is 0 Å². The van der Waals surface area contributed by atoms with Crippen LogP contribution in [0.15, 0.2) is 66.1 Å². The summed E-state index contributed by atoms with van der Waals surface area (Å²) in [7, 11) is 1.65. The van der Waals surface area contributed by atoms with Gasteiger partial charge in [0.2, 0.25) is 0 Å². The largest absolute Gasteiger partial charge is 0.497 e. The van der Waals surface area contributed by atoms with Crippen LogP contribution >= 0.6 is 0 Å². The van der Waals surface area contributed by atoms with E-state index in [1.165, 1.54) is 0 Å². The summed E-state index contributed by atoms with van der Waals surface area (Å²) in [5.41, 5.74) is 3.65. The molecule has 146 valence electrons. The van der Waals surface area contributed by atoms with Gasteiger partial charge in [0.05, 0.1) is 38.5 Å². The summed E-state index contributed by atoms with van der Waals surface area (Å²) in [6.07, 6.45) is 2.50. The van der Waals surface area contributed by atoms with E-state index < -0.39 is 0 Å². The highest BCUT2D eigenvalue weighted by atomic mass is 16.5. The number of amides is 1. The van der Waals surface area contributed by atoms with Crippen molar-refractivity contribution in [2.75, 3.05) is 13.7 Å². The first kappa shape index (κ1) is 17.5. The molecule has 7 nitrogen and oxygen atoms in total. The molecular formula is C22H20N4O3. The predicted octanol–water partition coefficient (Wildman–Crippen LogP) is 2.57. The monoisotopic (exact) mass is 388 g/mol. The van der Waals surface area contributed by atoms with Crippen LogP contribution in [0.2, 0.25) is 0 Å². The van der Waals surface area contributed by atoms with Gasteiger partial charge in [-0.05, 0) is 29.3 Å². The van der Waals surface area contributed by atoms with Gasteiger partial charge in [-0.25, -0.2) is 4.68 Å². The van der Waals surface area contributed by atoms with E-state index in [9.17, 15) is 4.79 Å². The van der Waals surface area contributed by atoms with Gasteiger partial charge in [-0.15, -0.1) is 5.10 Å². The summed E-state index contributed by atoms with van der Waals surface area (Å²) in [6.45, 7) is 1.49.